The number of nitrogens with zero attached hydrogens (tertiary/aromatic N) is 1. The first-order valence-electron chi connectivity index (χ1n) is 6.82. The molecule has 1 fully saturated rings. The first kappa shape index (κ1) is 15.9. The molecule has 1 aliphatic heterocycles. The van der Waals surface area contributed by atoms with Gasteiger partial charge < -0.3 is 10.2 Å². The van der Waals surface area contributed by atoms with Crippen molar-refractivity contribution in [3.05, 3.63) is 0 Å². The molecule has 1 saturated heterocycles. The third kappa shape index (κ3) is 4.21. The van der Waals surface area contributed by atoms with Crippen LogP contribution in [0.25, 0.3) is 0 Å². The van der Waals surface area contributed by atoms with Gasteiger partial charge in [-0.05, 0) is 32.4 Å². The van der Waals surface area contributed by atoms with Crippen molar-refractivity contribution < 1.29 is 8.42 Å². The number of sulfone groups is 1. The molecule has 0 bridgehead atoms. The van der Waals surface area contributed by atoms with Crippen LogP contribution >= 0.6 is 0 Å². The standard InChI is InChI=1S/C13H28N2O2S/c1-6-14-11(2)13(3,4)10-15(5)12-7-8-18(16,17)9-12/h11-12,14H,6-10H2,1-5H3. The van der Waals surface area contributed by atoms with E-state index in [0.29, 0.717) is 17.5 Å². The van der Waals surface area contributed by atoms with Gasteiger partial charge in [-0.25, -0.2) is 8.42 Å². The van der Waals surface area contributed by atoms with E-state index in [1.165, 1.54) is 0 Å². The van der Waals surface area contributed by atoms with Crippen LogP contribution in [0, 0.1) is 5.41 Å². The Balaban J connectivity index is 2.56. The van der Waals surface area contributed by atoms with Crippen LogP contribution in [0.3, 0.4) is 0 Å². The molecule has 0 spiro atoms. The van der Waals surface area contributed by atoms with Gasteiger partial charge >= 0.3 is 0 Å². The summed E-state index contributed by atoms with van der Waals surface area (Å²) in [5.74, 6) is 0.681. The van der Waals surface area contributed by atoms with E-state index < -0.39 is 9.84 Å². The summed E-state index contributed by atoms with van der Waals surface area (Å²) in [7, 11) is -0.736. The van der Waals surface area contributed by atoms with E-state index in [1.807, 2.05) is 7.05 Å². The Morgan fingerprint density at radius 1 is 1.44 bits per heavy atom. The Bertz CT molecular complexity index is 365. The van der Waals surface area contributed by atoms with E-state index in [9.17, 15) is 8.42 Å². The van der Waals surface area contributed by atoms with Gasteiger partial charge in [0, 0.05) is 18.6 Å². The molecule has 0 aromatic carbocycles. The number of hydrogen-bond donors (Lipinski definition) is 1. The summed E-state index contributed by atoms with van der Waals surface area (Å²) in [5.41, 5.74) is 0.136. The first-order chi connectivity index (χ1) is 8.18. The van der Waals surface area contributed by atoms with E-state index in [0.717, 1.165) is 19.5 Å². The average molecular weight is 276 g/mol. The summed E-state index contributed by atoms with van der Waals surface area (Å²) in [6.45, 7) is 10.7. The second-order valence-electron chi connectivity index (χ2n) is 6.24. The van der Waals surface area contributed by atoms with Gasteiger partial charge in [-0.2, -0.15) is 0 Å². The highest BCUT2D eigenvalue weighted by Gasteiger charge is 2.34. The van der Waals surface area contributed by atoms with Crippen LogP contribution in [0.15, 0.2) is 0 Å². The van der Waals surface area contributed by atoms with Gasteiger partial charge in [0.15, 0.2) is 9.84 Å². The van der Waals surface area contributed by atoms with Gasteiger partial charge in [-0.1, -0.05) is 20.8 Å². The molecule has 5 heteroatoms. The number of rotatable bonds is 6. The molecule has 0 aromatic heterocycles. The zero-order valence-corrected chi connectivity index (χ0v) is 13.2. The number of nitrogens with one attached hydrogen (secondary N) is 1. The molecule has 2 unspecified atom stereocenters. The second kappa shape index (κ2) is 5.88. The smallest absolute Gasteiger partial charge is 0.151 e. The molecule has 0 aliphatic carbocycles. The van der Waals surface area contributed by atoms with Crippen LogP contribution in [0.5, 0.6) is 0 Å². The van der Waals surface area contributed by atoms with Crippen molar-refractivity contribution in [3.8, 4) is 0 Å². The van der Waals surface area contributed by atoms with Crippen molar-refractivity contribution >= 4 is 9.84 Å². The lowest BCUT2D eigenvalue weighted by atomic mass is 9.84. The topological polar surface area (TPSA) is 49.4 Å². The summed E-state index contributed by atoms with van der Waals surface area (Å²) in [6.07, 6.45) is 0.782. The predicted molar refractivity (Wildman–Crippen MR) is 76.6 cm³/mol. The molecule has 18 heavy (non-hydrogen) atoms. The first-order valence-corrected chi connectivity index (χ1v) is 8.64. The molecule has 0 radical (unpaired) electrons. The monoisotopic (exact) mass is 276 g/mol. The fraction of sp³-hybridized carbons (Fsp3) is 1.00. The molecule has 108 valence electrons. The highest BCUT2D eigenvalue weighted by Crippen LogP contribution is 2.25. The minimum Gasteiger partial charge on any atom is -0.314 e. The minimum atomic E-state index is -2.78. The third-order valence-electron chi connectivity index (χ3n) is 4.17. The van der Waals surface area contributed by atoms with E-state index in [2.05, 4.69) is 37.9 Å². The van der Waals surface area contributed by atoms with Gasteiger partial charge in [-0.3, -0.25) is 0 Å². The fourth-order valence-corrected chi connectivity index (χ4v) is 4.42. The molecule has 0 saturated carbocycles. The Hall–Kier alpha value is -0.130. The normalized spacial score (nSPS) is 25.6. The zero-order valence-electron chi connectivity index (χ0n) is 12.4. The zero-order chi connectivity index (χ0) is 14.0. The molecule has 1 aliphatic rings. The Morgan fingerprint density at radius 3 is 2.50 bits per heavy atom. The molecular formula is C13H28N2O2S. The fourth-order valence-electron chi connectivity index (χ4n) is 2.61. The largest absolute Gasteiger partial charge is 0.314 e. The quantitative estimate of drug-likeness (QED) is 0.790. The van der Waals surface area contributed by atoms with Gasteiger partial charge in [0.25, 0.3) is 0 Å². The molecule has 4 nitrogen and oxygen atoms in total. The van der Waals surface area contributed by atoms with E-state index in [4.69, 9.17) is 0 Å². The van der Waals surface area contributed by atoms with E-state index in [-0.39, 0.29) is 11.5 Å². The Morgan fingerprint density at radius 2 is 2.06 bits per heavy atom. The highest BCUT2D eigenvalue weighted by molar-refractivity contribution is 7.91. The molecule has 0 aromatic rings. The van der Waals surface area contributed by atoms with Gasteiger partial charge in [-0.15, -0.1) is 0 Å². The van der Waals surface area contributed by atoms with Crippen LogP contribution in [-0.2, 0) is 9.84 Å². The third-order valence-corrected chi connectivity index (χ3v) is 5.92. The Kier molecular flexibility index (Phi) is 5.21. The number of hydrogen-bond acceptors (Lipinski definition) is 4. The maximum atomic E-state index is 11.5. The molecule has 2 atom stereocenters. The van der Waals surface area contributed by atoms with Crippen molar-refractivity contribution in [2.45, 2.75) is 46.2 Å². The molecular weight excluding hydrogens is 248 g/mol. The van der Waals surface area contributed by atoms with Crippen molar-refractivity contribution in [2.75, 3.05) is 31.6 Å². The van der Waals surface area contributed by atoms with E-state index >= 15 is 0 Å². The van der Waals surface area contributed by atoms with Crippen molar-refractivity contribution in [3.63, 3.8) is 0 Å². The Labute approximate surface area is 112 Å². The summed E-state index contributed by atoms with van der Waals surface area (Å²) in [6, 6.07) is 0.617. The summed E-state index contributed by atoms with van der Waals surface area (Å²) in [4.78, 5) is 2.22. The minimum absolute atomic E-state index is 0.136. The lowest BCUT2D eigenvalue weighted by Gasteiger charge is -2.38. The molecule has 1 heterocycles. The van der Waals surface area contributed by atoms with Crippen LogP contribution in [0.1, 0.15) is 34.1 Å². The van der Waals surface area contributed by atoms with Crippen molar-refractivity contribution in [1.82, 2.24) is 10.2 Å². The lowest BCUT2D eigenvalue weighted by molar-refractivity contribution is 0.138. The summed E-state index contributed by atoms with van der Waals surface area (Å²) in [5, 5.41) is 3.45. The molecule has 0 amide bonds. The summed E-state index contributed by atoms with van der Waals surface area (Å²) < 4.78 is 23.0. The van der Waals surface area contributed by atoms with Crippen LogP contribution in [0.2, 0.25) is 0 Å². The van der Waals surface area contributed by atoms with Gasteiger partial charge in [0.1, 0.15) is 0 Å². The maximum absolute atomic E-state index is 11.5. The average Bonchev–Trinajstić information content (AvgIpc) is 2.58. The summed E-state index contributed by atoms with van der Waals surface area (Å²) >= 11 is 0. The van der Waals surface area contributed by atoms with Crippen molar-refractivity contribution in [2.24, 2.45) is 5.41 Å². The van der Waals surface area contributed by atoms with Gasteiger partial charge in [0.05, 0.1) is 11.5 Å². The maximum Gasteiger partial charge on any atom is 0.151 e. The van der Waals surface area contributed by atoms with Gasteiger partial charge in [0.2, 0.25) is 0 Å². The molecule has 1 rings (SSSR count). The predicted octanol–water partition coefficient (Wildman–Crippen LogP) is 1.13. The van der Waals surface area contributed by atoms with Crippen LogP contribution in [0.4, 0.5) is 0 Å². The van der Waals surface area contributed by atoms with Crippen LogP contribution < -0.4 is 5.32 Å². The molecule has 1 N–H and O–H groups in total. The SMILES string of the molecule is CCNC(C)C(C)(C)CN(C)C1CCS(=O)(=O)C1. The lowest BCUT2D eigenvalue weighted by Crippen LogP contribution is -2.48. The highest BCUT2D eigenvalue weighted by atomic mass is 32.2. The van der Waals surface area contributed by atoms with Crippen LogP contribution in [-0.4, -0.2) is 57.0 Å². The second-order valence-corrected chi connectivity index (χ2v) is 8.47. The van der Waals surface area contributed by atoms with Crippen molar-refractivity contribution in [1.29, 1.82) is 0 Å². The van der Waals surface area contributed by atoms with E-state index in [1.54, 1.807) is 0 Å².